The van der Waals surface area contributed by atoms with E-state index in [9.17, 15) is 4.79 Å². The third-order valence-corrected chi connectivity index (χ3v) is 2.98. The molecule has 0 bridgehead atoms. The Labute approximate surface area is 115 Å². The first-order valence-corrected chi connectivity index (χ1v) is 5.97. The molecule has 0 aliphatic carbocycles. The molecule has 6 nitrogen and oxygen atoms in total. The fourth-order valence-corrected chi connectivity index (χ4v) is 1.78. The molecule has 1 amide bonds. The van der Waals surface area contributed by atoms with E-state index in [0.29, 0.717) is 6.54 Å². The molecule has 0 saturated heterocycles. The molecule has 1 aromatic carbocycles. The Hall–Kier alpha value is -2.08. The summed E-state index contributed by atoms with van der Waals surface area (Å²) < 4.78 is 6.55. The molecule has 100 valence electrons. The van der Waals surface area contributed by atoms with Crippen molar-refractivity contribution in [3.63, 3.8) is 0 Å². The van der Waals surface area contributed by atoms with E-state index in [4.69, 9.17) is 16.3 Å². The summed E-state index contributed by atoms with van der Waals surface area (Å²) in [7, 11) is 3.13. The summed E-state index contributed by atoms with van der Waals surface area (Å²) >= 11 is 6.06. The fraction of sp³-hybridized carbons (Fsp3) is 0.250. The molecule has 2 aromatic rings. The maximum atomic E-state index is 11.5. The zero-order valence-corrected chi connectivity index (χ0v) is 11.3. The van der Waals surface area contributed by atoms with Gasteiger partial charge < -0.3 is 10.1 Å². The molecule has 0 unspecified atom stereocenters. The Morgan fingerprint density at radius 2 is 2.11 bits per heavy atom. The van der Waals surface area contributed by atoms with E-state index in [2.05, 4.69) is 15.6 Å². The van der Waals surface area contributed by atoms with E-state index in [0.717, 1.165) is 11.3 Å². The van der Waals surface area contributed by atoms with Crippen LogP contribution in [-0.2, 0) is 6.54 Å². The van der Waals surface area contributed by atoms with Gasteiger partial charge in [-0.15, -0.1) is 5.10 Å². The summed E-state index contributed by atoms with van der Waals surface area (Å²) in [5, 5.41) is 10.3. The zero-order valence-electron chi connectivity index (χ0n) is 10.6. The third kappa shape index (κ3) is 2.85. The van der Waals surface area contributed by atoms with Gasteiger partial charge in [0.05, 0.1) is 13.7 Å². The number of aromatic nitrogens is 3. The predicted octanol–water partition coefficient (Wildman–Crippen LogP) is 1.35. The van der Waals surface area contributed by atoms with Gasteiger partial charge in [-0.3, -0.25) is 4.79 Å². The van der Waals surface area contributed by atoms with Gasteiger partial charge in [0.15, 0.2) is 10.8 Å². The zero-order chi connectivity index (χ0) is 13.8. The van der Waals surface area contributed by atoms with Crippen LogP contribution in [0.25, 0.3) is 0 Å². The molecular formula is C12H13ClN4O2. The minimum absolute atomic E-state index is 0.123. The number of carbonyl (C=O) groups is 1. The first-order chi connectivity index (χ1) is 9.15. The van der Waals surface area contributed by atoms with Crippen molar-refractivity contribution in [3.05, 3.63) is 40.7 Å². The van der Waals surface area contributed by atoms with Crippen LogP contribution >= 0.6 is 11.6 Å². The van der Waals surface area contributed by atoms with Crippen LogP contribution in [0.3, 0.4) is 0 Å². The number of hydrogen-bond acceptors (Lipinski definition) is 4. The van der Waals surface area contributed by atoms with Gasteiger partial charge in [-0.1, -0.05) is 28.9 Å². The number of rotatable bonds is 4. The quantitative estimate of drug-likeness (QED) is 0.918. The number of amides is 1. The molecule has 0 atom stereocenters. The predicted molar refractivity (Wildman–Crippen MR) is 70.5 cm³/mol. The number of carbonyl (C=O) groups excluding carboxylic acids is 1. The fourth-order valence-electron chi connectivity index (χ4n) is 1.56. The summed E-state index contributed by atoms with van der Waals surface area (Å²) in [4.78, 5) is 11.5. The van der Waals surface area contributed by atoms with Crippen LogP contribution in [0.5, 0.6) is 5.75 Å². The Morgan fingerprint density at radius 1 is 1.42 bits per heavy atom. The minimum atomic E-state index is -0.356. The van der Waals surface area contributed by atoms with Crippen LogP contribution in [0.1, 0.15) is 16.1 Å². The van der Waals surface area contributed by atoms with Gasteiger partial charge in [-0.25, -0.2) is 4.68 Å². The molecule has 1 N–H and O–H groups in total. The first-order valence-electron chi connectivity index (χ1n) is 5.59. The van der Waals surface area contributed by atoms with Crippen LogP contribution in [0.15, 0.2) is 24.3 Å². The Kier molecular flexibility index (Phi) is 4.01. The second-order valence-corrected chi connectivity index (χ2v) is 4.17. The number of methoxy groups -OCH3 is 1. The maximum absolute atomic E-state index is 11.5. The summed E-state index contributed by atoms with van der Waals surface area (Å²) in [5.41, 5.74) is 1.11. The van der Waals surface area contributed by atoms with Crippen LogP contribution in [0.2, 0.25) is 5.15 Å². The SMILES string of the molecule is CNC(=O)c1nnn(Cc2ccc(OC)cc2)c1Cl. The molecule has 7 heteroatoms. The van der Waals surface area contributed by atoms with Crippen LogP contribution in [-0.4, -0.2) is 35.1 Å². The molecular weight excluding hydrogens is 268 g/mol. The monoisotopic (exact) mass is 280 g/mol. The van der Waals surface area contributed by atoms with Crippen LogP contribution in [0, 0.1) is 0 Å². The third-order valence-electron chi connectivity index (χ3n) is 2.61. The molecule has 0 fully saturated rings. The number of halogens is 1. The van der Waals surface area contributed by atoms with Crippen molar-refractivity contribution in [2.75, 3.05) is 14.2 Å². The van der Waals surface area contributed by atoms with Crippen molar-refractivity contribution in [2.45, 2.75) is 6.54 Å². The number of ether oxygens (including phenoxy) is 1. The number of nitrogens with zero attached hydrogens (tertiary/aromatic N) is 3. The van der Waals surface area contributed by atoms with Gasteiger partial charge in [-0.05, 0) is 17.7 Å². The number of nitrogens with one attached hydrogen (secondary N) is 1. The standard InChI is InChI=1S/C12H13ClN4O2/c1-14-12(18)10-11(13)17(16-15-10)7-8-3-5-9(19-2)6-4-8/h3-6H,7H2,1-2H3,(H,14,18). The van der Waals surface area contributed by atoms with Gasteiger partial charge in [0.2, 0.25) is 0 Å². The average molecular weight is 281 g/mol. The molecule has 0 aliphatic rings. The van der Waals surface area contributed by atoms with E-state index in [1.54, 1.807) is 7.11 Å². The summed E-state index contributed by atoms with van der Waals surface area (Å²) in [5.74, 6) is 0.422. The van der Waals surface area contributed by atoms with Gasteiger partial charge in [-0.2, -0.15) is 0 Å². The molecule has 0 aliphatic heterocycles. The second kappa shape index (κ2) is 5.71. The molecule has 0 saturated carbocycles. The van der Waals surface area contributed by atoms with Crippen LogP contribution < -0.4 is 10.1 Å². The average Bonchev–Trinajstić information content (AvgIpc) is 2.80. The maximum Gasteiger partial charge on any atom is 0.274 e. The van der Waals surface area contributed by atoms with Gasteiger partial charge in [0, 0.05) is 7.05 Å². The summed E-state index contributed by atoms with van der Waals surface area (Å²) in [6.45, 7) is 0.437. The van der Waals surface area contributed by atoms with Crippen molar-refractivity contribution in [1.29, 1.82) is 0 Å². The summed E-state index contributed by atoms with van der Waals surface area (Å²) in [6, 6.07) is 7.49. The molecule has 0 radical (unpaired) electrons. The molecule has 2 rings (SSSR count). The van der Waals surface area contributed by atoms with E-state index in [-0.39, 0.29) is 16.8 Å². The van der Waals surface area contributed by atoms with Crippen molar-refractivity contribution in [1.82, 2.24) is 20.3 Å². The highest BCUT2D eigenvalue weighted by atomic mass is 35.5. The lowest BCUT2D eigenvalue weighted by Gasteiger charge is -2.04. The van der Waals surface area contributed by atoms with E-state index in [1.807, 2.05) is 24.3 Å². The lowest BCUT2D eigenvalue weighted by molar-refractivity contribution is 0.0958. The largest absolute Gasteiger partial charge is 0.497 e. The highest BCUT2D eigenvalue weighted by Gasteiger charge is 2.16. The van der Waals surface area contributed by atoms with E-state index >= 15 is 0 Å². The van der Waals surface area contributed by atoms with Gasteiger partial charge >= 0.3 is 0 Å². The lowest BCUT2D eigenvalue weighted by atomic mass is 10.2. The van der Waals surface area contributed by atoms with Crippen molar-refractivity contribution < 1.29 is 9.53 Å². The second-order valence-electron chi connectivity index (χ2n) is 3.81. The highest BCUT2D eigenvalue weighted by molar-refractivity contribution is 6.32. The van der Waals surface area contributed by atoms with Crippen molar-refractivity contribution in [3.8, 4) is 5.75 Å². The Morgan fingerprint density at radius 3 is 2.68 bits per heavy atom. The van der Waals surface area contributed by atoms with Gasteiger partial charge in [0.1, 0.15) is 5.75 Å². The van der Waals surface area contributed by atoms with E-state index in [1.165, 1.54) is 11.7 Å². The van der Waals surface area contributed by atoms with Gasteiger partial charge in [0.25, 0.3) is 5.91 Å². The molecule has 1 aromatic heterocycles. The summed E-state index contributed by atoms with van der Waals surface area (Å²) in [6.07, 6.45) is 0. The normalized spacial score (nSPS) is 10.3. The van der Waals surface area contributed by atoms with E-state index < -0.39 is 0 Å². The molecule has 1 heterocycles. The highest BCUT2D eigenvalue weighted by Crippen LogP contribution is 2.16. The smallest absolute Gasteiger partial charge is 0.274 e. The number of hydrogen-bond donors (Lipinski definition) is 1. The topological polar surface area (TPSA) is 69.0 Å². The van der Waals surface area contributed by atoms with Crippen molar-refractivity contribution >= 4 is 17.5 Å². The first kappa shape index (κ1) is 13.4. The number of benzene rings is 1. The van der Waals surface area contributed by atoms with Crippen LogP contribution in [0.4, 0.5) is 0 Å². The minimum Gasteiger partial charge on any atom is -0.497 e. The molecule has 19 heavy (non-hydrogen) atoms. The lowest BCUT2D eigenvalue weighted by Crippen LogP contribution is -2.18. The molecule has 0 spiro atoms. The van der Waals surface area contributed by atoms with Crippen molar-refractivity contribution in [2.24, 2.45) is 0 Å². The Balaban J connectivity index is 2.19. The Bertz CT molecular complexity index is 580.